The van der Waals surface area contributed by atoms with Crippen LogP contribution in [-0.4, -0.2) is 39.4 Å². The summed E-state index contributed by atoms with van der Waals surface area (Å²) in [7, 11) is 0. The van der Waals surface area contributed by atoms with Crippen LogP contribution in [-0.2, 0) is 0 Å². The van der Waals surface area contributed by atoms with Gasteiger partial charge in [-0.3, -0.25) is 5.41 Å². The van der Waals surface area contributed by atoms with Gasteiger partial charge in [0.2, 0.25) is 0 Å². The Morgan fingerprint density at radius 2 is 2.18 bits per heavy atom. The fourth-order valence-electron chi connectivity index (χ4n) is 1.96. The van der Waals surface area contributed by atoms with Crippen LogP contribution >= 0.6 is 11.8 Å². The molecule has 0 aromatic carbocycles. The predicted molar refractivity (Wildman–Crippen MR) is 71.8 cm³/mol. The van der Waals surface area contributed by atoms with Gasteiger partial charge in [-0.1, -0.05) is 6.92 Å². The lowest BCUT2D eigenvalue weighted by Crippen LogP contribution is -2.46. The average Bonchev–Trinajstić information content (AvgIpc) is 2.33. The molecule has 92 valence electrons. The molecule has 2 rings (SSSR count). The summed E-state index contributed by atoms with van der Waals surface area (Å²) < 4.78 is 0. The summed E-state index contributed by atoms with van der Waals surface area (Å²) >= 11 is 1.96. The van der Waals surface area contributed by atoms with E-state index in [0.29, 0.717) is 17.0 Å². The molecule has 0 bridgehead atoms. The van der Waals surface area contributed by atoms with Gasteiger partial charge in [0.25, 0.3) is 0 Å². The summed E-state index contributed by atoms with van der Waals surface area (Å²) in [5.74, 6) is 1.78. The zero-order valence-electron chi connectivity index (χ0n) is 10.1. The van der Waals surface area contributed by atoms with E-state index in [-0.39, 0.29) is 5.84 Å². The number of nitrogens with two attached hydrogens (primary N) is 1. The third kappa shape index (κ3) is 2.36. The molecular weight excluding hydrogens is 234 g/mol. The molecule has 0 radical (unpaired) electrons. The van der Waals surface area contributed by atoms with Gasteiger partial charge in [-0.2, -0.15) is 11.8 Å². The number of rotatable bonds is 2. The molecule has 0 saturated carbocycles. The van der Waals surface area contributed by atoms with Crippen LogP contribution in [0.3, 0.4) is 0 Å². The molecule has 0 aliphatic carbocycles. The number of nitrogens with one attached hydrogen (secondary N) is 1. The molecule has 1 saturated heterocycles. The molecule has 0 spiro atoms. The largest absolute Gasteiger partial charge is 0.382 e. The first kappa shape index (κ1) is 12.2. The van der Waals surface area contributed by atoms with Crippen molar-refractivity contribution in [1.82, 2.24) is 9.97 Å². The first-order valence-corrected chi connectivity index (χ1v) is 6.69. The maximum Gasteiger partial charge on any atom is 0.158 e. The molecule has 3 N–H and O–H groups in total. The standard InChI is InChI=1S/C11H17N5S/c1-7-8(2)17-6-5-16(7)11-9(10(12)13)14-3-4-15-11/h3-4,7-8H,5-6H2,1-2H3,(H3,12,13). The van der Waals surface area contributed by atoms with Crippen LogP contribution in [0.15, 0.2) is 12.4 Å². The summed E-state index contributed by atoms with van der Waals surface area (Å²) in [5.41, 5.74) is 6.03. The van der Waals surface area contributed by atoms with Crippen molar-refractivity contribution in [3.8, 4) is 0 Å². The fourth-order valence-corrected chi connectivity index (χ4v) is 3.06. The van der Waals surface area contributed by atoms with E-state index in [1.807, 2.05) is 11.8 Å². The Hall–Kier alpha value is -1.30. The molecule has 1 aromatic rings. The minimum absolute atomic E-state index is 0.0221. The number of amidine groups is 1. The molecule has 1 aliphatic rings. The molecular formula is C11H17N5S. The van der Waals surface area contributed by atoms with Crippen LogP contribution < -0.4 is 10.6 Å². The topological polar surface area (TPSA) is 78.9 Å². The number of hydrogen-bond donors (Lipinski definition) is 2. The molecule has 5 nitrogen and oxygen atoms in total. The lowest BCUT2D eigenvalue weighted by Gasteiger charge is -2.38. The van der Waals surface area contributed by atoms with Crippen molar-refractivity contribution in [3.63, 3.8) is 0 Å². The van der Waals surface area contributed by atoms with E-state index in [9.17, 15) is 0 Å². The lowest BCUT2D eigenvalue weighted by atomic mass is 10.2. The highest BCUT2D eigenvalue weighted by Crippen LogP contribution is 2.28. The third-order valence-corrected chi connectivity index (χ3v) is 4.43. The molecule has 2 unspecified atom stereocenters. The van der Waals surface area contributed by atoms with Gasteiger partial charge in [0.1, 0.15) is 11.5 Å². The first-order chi connectivity index (χ1) is 8.11. The van der Waals surface area contributed by atoms with E-state index in [1.165, 1.54) is 0 Å². The van der Waals surface area contributed by atoms with Crippen molar-refractivity contribution in [2.24, 2.45) is 5.73 Å². The lowest BCUT2D eigenvalue weighted by molar-refractivity contribution is 0.618. The van der Waals surface area contributed by atoms with Crippen LogP contribution in [0.5, 0.6) is 0 Å². The molecule has 2 heterocycles. The minimum Gasteiger partial charge on any atom is -0.382 e. The maximum atomic E-state index is 7.55. The van der Waals surface area contributed by atoms with Crippen LogP contribution in [0.2, 0.25) is 0 Å². The number of nitrogen functional groups attached to an aromatic ring is 1. The molecule has 2 atom stereocenters. The summed E-state index contributed by atoms with van der Waals surface area (Å²) in [5, 5.41) is 8.10. The number of anilines is 1. The Bertz CT molecular complexity index is 422. The zero-order valence-corrected chi connectivity index (χ0v) is 10.9. The molecule has 1 aromatic heterocycles. The quantitative estimate of drug-likeness (QED) is 0.607. The van der Waals surface area contributed by atoms with Crippen molar-refractivity contribution in [3.05, 3.63) is 18.1 Å². The molecule has 0 amide bonds. The second-order valence-electron chi connectivity index (χ2n) is 4.15. The number of thioether (sulfide) groups is 1. The summed E-state index contributed by atoms with van der Waals surface area (Å²) in [6.45, 7) is 5.32. The predicted octanol–water partition coefficient (Wildman–Crippen LogP) is 1.09. The maximum absolute atomic E-state index is 7.55. The minimum atomic E-state index is -0.0221. The van der Waals surface area contributed by atoms with E-state index in [2.05, 4.69) is 28.7 Å². The number of nitrogens with zero attached hydrogens (tertiary/aromatic N) is 3. The van der Waals surface area contributed by atoms with Gasteiger partial charge >= 0.3 is 0 Å². The Kier molecular flexibility index (Phi) is 3.51. The highest BCUT2D eigenvalue weighted by atomic mass is 32.2. The molecule has 6 heteroatoms. The summed E-state index contributed by atoms with van der Waals surface area (Å²) in [6.07, 6.45) is 3.23. The van der Waals surface area contributed by atoms with E-state index in [0.717, 1.165) is 18.1 Å². The van der Waals surface area contributed by atoms with Crippen LogP contribution in [0.4, 0.5) is 5.82 Å². The third-order valence-electron chi connectivity index (χ3n) is 3.09. The van der Waals surface area contributed by atoms with Crippen molar-refractivity contribution >= 4 is 23.4 Å². The normalized spacial score (nSPS) is 24.7. The Morgan fingerprint density at radius 1 is 1.47 bits per heavy atom. The Morgan fingerprint density at radius 3 is 2.88 bits per heavy atom. The highest BCUT2D eigenvalue weighted by Gasteiger charge is 2.28. The molecule has 1 fully saturated rings. The highest BCUT2D eigenvalue weighted by molar-refractivity contribution is 8.00. The monoisotopic (exact) mass is 251 g/mol. The van der Waals surface area contributed by atoms with E-state index < -0.39 is 0 Å². The van der Waals surface area contributed by atoms with Crippen molar-refractivity contribution < 1.29 is 0 Å². The van der Waals surface area contributed by atoms with E-state index >= 15 is 0 Å². The van der Waals surface area contributed by atoms with Crippen LogP contribution in [0, 0.1) is 5.41 Å². The van der Waals surface area contributed by atoms with Gasteiger partial charge in [-0.05, 0) is 6.92 Å². The van der Waals surface area contributed by atoms with Crippen LogP contribution in [0.25, 0.3) is 0 Å². The Balaban J connectivity index is 2.36. The second-order valence-corrected chi connectivity index (χ2v) is 5.64. The van der Waals surface area contributed by atoms with Gasteiger partial charge in [-0.25, -0.2) is 9.97 Å². The van der Waals surface area contributed by atoms with Gasteiger partial charge in [0.05, 0.1) is 0 Å². The second kappa shape index (κ2) is 4.91. The van der Waals surface area contributed by atoms with Crippen molar-refractivity contribution in [1.29, 1.82) is 5.41 Å². The van der Waals surface area contributed by atoms with E-state index in [1.54, 1.807) is 12.4 Å². The van der Waals surface area contributed by atoms with Gasteiger partial charge in [0.15, 0.2) is 5.82 Å². The zero-order chi connectivity index (χ0) is 12.4. The molecule has 17 heavy (non-hydrogen) atoms. The smallest absolute Gasteiger partial charge is 0.158 e. The number of hydrogen-bond acceptors (Lipinski definition) is 5. The summed E-state index contributed by atoms with van der Waals surface area (Å²) in [6, 6.07) is 0.378. The first-order valence-electron chi connectivity index (χ1n) is 5.65. The van der Waals surface area contributed by atoms with Gasteiger partial charge < -0.3 is 10.6 Å². The van der Waals surface area contributed by atoms with Crippen molar-refractivity contribution in [2.45, 2.75) is 25.1 Å². The van der Waals surface area contributed by atoms with Crippen LogP contribution in [0.1, 0.15) is 19.5 Å². The Labute approximate surface area is 105 Å². The average molecular weight is 251 g/mol. The number of aromatic nitrogens is 2. The SMILES string of the molecule is CC1SCCN(c2nccnc2C(=N)N)C1C. The van der Waals surface area contributed by atoms with Crippen molar-refractivity contribution in [2.75, 3.05) is 17.2 Å². The summed E-state index contributed by atoms with van der Waals surface area (Å²) in [4.78, 5) is 10.7. The molecule has 1 aliphatic heterocycles. The van der Waals surface area contributed by atoms with Gasteiger partial charge in [0, 0.05) is 36.0 Å². The van der Waals surface area contributed by atoms with Gasteiger partial charge in [-0.15, -0.1) is 0 Å². The van der Waals surface area contributed by atoms with E-state index in [4.69, 9.17) is 11.1 Å². The fraction of sp³-hybridized carbons (Fsp3) is 0.545.